The maximum absolute atomic E-state index is 13.6. The van der Waals surface area contributed by atoms with Gasteiger partial charge in [0.05, 0.1) is 5.02 Å². The summed E-state index contributed by atoms with van der Waals surface area (Å²) in [6.45, 7) is 2.89. The third-order valence-corrected chi connectivity index (χ3v) is 6.57. The molecule has 0 aliphatic heterocycles. The first-order valence-corrected chi connectivity index (χ1v) is 9.39. The monoisotopic (exact) mass is 349 g/mol. The Labute approximate surface area is 141 Å². The molecule has 0 aromatic heterocycles. The van der Waals surface area contributed by atoms with Crippen molar-refractivity contribution in [3.63, 3.8) is 0 Å². The summed E-state index contributed by atoms with van der Waals surface area (Å²) in [7, 11) is 0. The smallest absolute Gasteiger partial charge is 0.142 e. The third-order valence-electron chi connectivity index (χ3n) is 4.44. The Hall–Kier alpha value is 0.0400. The molecule has 0 radical (unpaired) electrons. The van der Waals surface area contributed by atoms with Crippen LogP contribution in [0, 0.1) is 5.82 Å². The van der Waals surface area contributed by atoms with Crippen LogP contribution in [0.5, 0.6) is 0 Å². The molecular weight excluding hydrogens is 328 g/mol. The molecule has 0 bridgehead atoms. The molecule has 2 rings (SSSR count). The van der Waals surface area contributed by atoms with Gasteiger partial charge in [0.1, 0.15) is 5.82 Å². The number of hydrogen-bond acceptors (Lipinski definition) is 2. The average molecular weight is 350 g/mol. The van der Waals surface area contributed by atoms with Crippen molar-refractivity contribution in [3.8, 4) is 0 Å². The molecule has 0 spiro atoms. The number of benzene rings is 1. The molecule has 1 N–H and O–H groups in total. The standard InChI is InChI=1S/C16H22Cl2FNS/c1-11(14-12(17)6-7-13(19)15(14)18)20-10-16(21-2)8-4-3-5-9-16/h6-7,11,20H,3-5,8-10H2,1-2H3. The Morgan fingerprint density at radius 1 is 1.29 bits per heavy atom. The van der Waals surface area contributed by atoms with E-state index in [-0.39, 0.29) is 11.1 Å². The Bertz CT molecular complexity index is 489. The minimum Gasteiger partial charge on any atom is -0.309 e. The third kappa shape index (κ3) is 4.07. The van der Waals surface area contributed by atoms with Crippen LogP contribution in [0.4, 0.5) is 4.39 Å². The zero-order valence-electron chi connectivity index (χ0n) is 12.5. The summed E-state index contributed by atoms with van der Waals surface area (Å²) < 4.78 is 13.9. The lowest BCUT2D eigenvalue weighted by Crippen LogP contribution is -2.40. The lowest BCUT2D eigenvalue weighted by atomic mass is 9.88. The zero-order chi connectivity index (χ0) is 15.5. The van der Waals surface area contributed by atoms with Gasteiger partial charge in [-0.2, -0.15) is 11.8 Å². The maximum atomic E-state index is 13.6. The van der Waals surface area contributed by atoms with E-state index in [1.54, 1.807) is 6.07 Å². The van der Waals surface area contributed by atoms with E-state index in [1.807, 2.05) is 18.7 Å². The van der Waals surface area contributed by atoms with E-state index in [1.165, 1.54) is 38.2 Å². The first kappa shape index (κ1) is 17.4. The fourth-order valence-electron chi connectivity index (χ4n) is 3.03. The van der Waals surface area contributed by atoms with E-state index in [0.29, 0.717) is 15.3 Å². The summed E-state index contributed by atoms with van der Waals surface area (Å²) in [6.07, 6.45) is 8.56. The van der Waals surface area contributed by atoms with Gasteiger partial charge in [0.25, 0.3) is 0 Å². The van der Waals surface area contributed by atoms with Gasteiger partial charge >= 0.3 is 0 Å². The summed E-state index contributed by atoms with van der Waals surface area (Å²) in [5, 5.41) is 4.16. The molecule has 1 aliphatic carbocycles. The number of halogens is 3. The van der Waals surface area contributed by atoms with Crippen LogP contribution in [0.2, 0.25) is 10.0 Å². The number of hydrogen-bond donors (Lipinski definition) is 1. The first-order valence-electron chi connectivity index (χ1n) is 7.41. The van der Waals surface area contributed by atoms with Crippen LogP contribution >= 0.6 is 35.0 Å². The molecular formula is C16H22Cl2FNS. The van der Waals surface area contributed by atoms with Crippen LogP contribution in [0.1, 0.15) is 50.6 Å². The molecule has 0 saturated heterocycles. The molecule has 0 heterocycles. The maximum Gasteiger partial charge on any atom is 0.142 e. The minimum absolute atomic E-state index is 0.0633. The molecule has 1 aliphatic rings. The second-order valence-electron chi connectivity index (χ2n) is 5.81. The average Bonchev–Trinajstić information content (AvgIpc) is 2.50. The van der Waals surface area contributed by atoms with Crippen LogP contribution in [-0.4, -0.2) is 17.5 Å². The van der Waals surface area contributed by atoms with Gasteiger partial charge in [-0.1, -0.05) is 42.5 Å². The SMILES string of the molecule is CSC1(CNC(C)c2c(Cl)ccc(F)c2Cl)CCCCC1. The van der Waals surface area contributed by atoms with Gasteiger partial charge in [0, 0.05) is 27.9 Å². The molecule has 1 nitrogen and oxygen atoms in total. The molecule has 5 heteroatoms. The predicted octanol–water partition coefficient (Wildman–Crippen LogP) is 5.85. The van der Waals surface area contributed by atoms with Gasteiger partial charge in [-0.15, -0.1) is 0 Å². The number of nitrogens with one attached hydrogen (secondary N) is 1. The van der Waals surface area contributed by atoms with Crippen molar-refractivity contribution >= 4 is 35.0 Å². The van der Waals surface area contributed by atoms with Gasteiger partial charge in [-0.05, 0) is 38.2 Å². The quantitative estimate of drug-likeness (QED) is 0.669. The molecule has 118 valence electrons. The highest BCUT2D eigenvalue weighted by atomic mass is 35.5. The van der Waals surface area contributed by atoms with Crippen molar-refractivity contribution in [2.45, 2.75) is 49.8 Å². The van der Waals surface area contributed by atoms with Crippen molar-refractivity contribution in [1.29, 1.82) is 0 Å². The highest BCUT2D eigenvalue weighted by Crippen LogP contribution is 2.39. The lowest BCUT2D eigenvalue weighted by Gasteiger charge is -2.37. The molecule has 1 unspecified atom stereocenters. The lowest BCUT2D eigenvalue weighted by molar-refractivity contribution is 0.367. The second kappa shape index (κ2) is 7.54. The van der Waals surface area contributed by atoms with Crippen LogP contribution in [-0.2, 0) is 0 Å². The van der Waals surface area contributed by atoms with Crippen molar-refractivity contribution < 1.29 is 4.39 Å². The normalized spacial score (nSPS) is 19.5. The van der Waals surface area contributed by atoms with Crippen molar-refractivity contribution in [1.82, 2.24) is 5.32 Å². The van der Waals surface area contributed by atoms with Crippen LogP contribution in [0.3, 0.4) is 0 Å². The Morgan fingerprint density at radius 2 is 1.95 bits per heavy atom. The van der Waals surface area contributed by atoms with E-state index in [4.69, 9.17) is 23.2 Å². The van der Waals surface area contributed by atoms with Crippen LogP contribution < -0.4 is 5.32 Å². The fourth-order valence-corrected chi connectivity index (χ4v) is 4.65. The summed E-state index contributed by atoms with van der Waals surface area (Å²) in [5.41, 5.74) is 0.658. The van der Waals surface area contributed by atoms with Crippen molar-refractivity contribution in [2.75, 3.05) is 12.8 Å². The molecule has 0 amide bonds. The Morgan fingerprint density at radius 3 is 2.57 bits per heavy atom. The topological polar surface area (TPSA) is 12.0 Å². The van der Waals surface area contributed by atoms with Gasteiger partial charge in [-0.3, -0.25) is 0 Å². The molecule has 1 aromatic carbocycles. The minimum atomic E-state index is -0.415. The van der Waals surface area contributed by atoms with E-state index < -0.39 is 5.82 Å². The fraction of sp³-hybridized carbons (Fsp3) is 0.625. The molecule has 1 fully saturated rings. The highest BCUT2D eigenvalue weighted by Gasteiger charge is 2.31. The number of rotatable bonds is 5. The summed E-state index contributed by atoms with van der Waals surface area (Å²) in [5.74, 6) is -0.415. The molecule has 1 aromatic rings. The van der Waals surface area contributed by atoms with Crippen molar-refractivity contribution in [3.05, 3.63) is 33.6 Å². The van der Waals surface area contributed by atoms with E-state index in [2.05, 4.69) is 11.6 Å². The van der Waals surface area contributed by atoms with Crippen LogP contribution in [0.25, 0.3) is 0 Å². The van der Waals surface area contributed by atoms with Crippen molar-refractivity contribution in [2.24, 2.45) is 0 Å². The largest absolute Gasteiger partial charge is 0.309 e. The highest BCUT2D eigenvalue weighted by molar-refractivity contribution is 8.00. The molecule has 1 saturated carbocycles. The van der Waals surface area contributed by atoms with E-state index in [0.717, 1.165) is 6.54 Å². The summed E-state index contributed by atoms with van der Waals surface area (Å²) >= 11 is 14.2. The zero-order valence-corrected chi connectivity index (χ0v) is 14.8. The van der Waals surface area contributed by atoms with Gasteiger partial charge in [0.15, 0.2) is 0 Å². The van der Waals surface area contributed by atoms with Gasteiger partial charge in [0.2, 0.25) is 0 Å². The predicted molar refractivity (Wildman–Crippen MR) is 92.2 cm³/mol. The second-order valence-corrected chi connectivity index (χ2v) is 7.87. The van der Waals surface area contributed by atoms with Gasteiger partial charge in [-0.25, -0.2) is 4.39 Å². The first-order chi connectivity index (χ1) is 9.99. The number of thioether (sulfide) groups is 1. The van der Waals surface area contributed by atoms with Crippen LogP contribution in [0.15, 0.2) is 12.1 Å². The van der Waals surface area contributed by atoms with E-state index in [9.17, 15) is 4.39 Å². The van der Waals surface area contributed by atoms with E-state index >= 15 is 0 Å². The van der Waals surface area contributed by atoms with Gasteiger partial charge < -0.3 is 5.32 Å². The summed E-state index contributed by atoms with van der Waals surface area (Å²) in [4.78, 5) is 0. The molecule has 1 atom stereocenters. The summed E-state index contributed by atoms with van der Waals surface area (Å²) in [6, 6.07) is 2.82. The Kier molecular flexibility index (Phi) is 6.25. The molecule has 21 heavy (non-hydrogen) atoms. The Balaban J connectivity index is 2.08.